The van der Waals surface area contributed by atoms with Crippen LogP contribution in [-0.4, -0.2) is 19.9 Å². The highest BCUT2D eigenvalue weighted by atomic mass is 127. The summed E-state index contributed by atoms with van der Waals surface area (Å²) >= 11 is 2.31. The molecule has 0 saturated heterocycles. The van der Waals surface area contributed by atoms with Crippen LogP contribution in [0.25, 0.3) is 22.6 Å². The molecule has 0 atom stereocenters. The molecule has 7 heteroatoms. The van der Waals surface area contributed by atoms with E-state index in [4.69, 9.17) is 10.4 Å². The molecule has 0 saturated carbocycles. The van der Waals surface area contributed by atoms with Gasteiger partial charge in [0.1, 0.15) is 0 Å². The van der Waals surface area contributed by atoms with Crippen molar-refractivity contribution in [3.63, 3.8) is 0 Å². The summed E-state index contributed by atoms with van der Waals surface area (Å²) in [5.74, 6) is 0.896. The molecular formula is C16H12IN5O. The van der Waals surface area contributed by atoms with Gasteiger partial charge in [0, 0.05) is 10.1 Å². The van der Waals surface area contributed by atoms with Crippen molar-refractivity contribution in [2.75, 3.05) is 5.73 Å². The highest BCUT2D eigenvalue weighted by Gasteiger charge is 2.19. The van der Waals surface area contributed by atoms with Crippen LogP contribution in [0.4, 0.5) is 5.82 Å². The number of nitrogen functional groups attached to an aromatic ring is 1. The zero-order valence-electron chi connectivity index (χ0n) is 12.0. The molecule has 6 nitrogen and oxygen atoms in total. The van der Waals surface area contributed by atoms with Gasteiger partial charge in [0.05, 0.1) is 11.0 Å². The fourth-order valence-electron chi connectivity index (χ4n) is 2.58. The van der Waals surface area contributed by atoms with E-state index in [1.165, 1.54) is 9.13 Å². The van der Waals surface area contributed by atoms with Crippen molar-refractivity contribution < 1.29 is 4.63 Å². The number of rotatable bonds is 3. The largest absolute Gasteiger partial charge is 0.379 e. The van der Waals surface area contributed by atoms with E-state index in [0.717, 1.165) is 11.0 Å². The average Bonchev–Trinajstić information content (AvgIpc) is 3.11. The molecule has 4 aromatic rings. The van der Waals surface area contributed by atoms with E-state index in [-0.39, 0.29) is 5.82 Å². The van der Waals surface area contributed by atoms with Gasteiger partial charge in [-0.05, 0) is 62.7 Å². The van der Waals surface area contributed by atoms with Crippen LogP contribution < -0.4 is 5.73 Å². The molecular weight excluding hydrogens is 405 g/mol. The van der Waals surface area contributed by atoms with Gasteiger partial charge in [0.25, 0.3) is 0 Å². The van der Waals surface area contributed by atoms with Crippen LogP contribution in [0.15, 0.2) is 53.2 Å². The number of para-hydroxylation sites is 2. The van der Waals surface area contributed by atoms with Gasteiger partial charge in [-0.1, -0.05) is 24.3 Å². The van der Waals surface area contributed by atoms with E-state index >= 15 is 0 Å². The molecule has 4 rings (SSSR count). The Kier molecular flexibility index (Phi) is 3.49. The first-order valence-corrected chi connectivity index (χ1v) is 8.08. The second-order valence-electron chi connectivity index (χ2n) is 5.14. The second kappa shape index (κ2) is 5.65. The van der Waals surface area contributed by atoms with Gasteiger partial charge in [-0.2, -0.15) is 0 Å². The van der Waals surface area contributed by atoms with Crippen LogP contribution in [0.5, 0.6) is 0 Å². The first-order chi connectivity index (χ1) is 11.2. The summed E-state index contributed by atoms with van der Waals surface area (Å²) in [5, 5.41) is 7.57. The van der Waals surface area contributed by atoms with E-state index in [2.05, 4.69) is 60.7 Å². The molecule has 0 aliphatic heterocycles. The van der Waals surface area contributed by atoms with Crippen molar-refractivity contribution in [2.45, 2.75) is 6.54 Å². The number of hydrogen-bond donors (Lipinski definition) is 1. The van der Waals surface area contributed by atoms with Gasteiger partial charge < -0.3 is 10.3 Å². The third kappa shape index (κ3) is 2.56. The lowest BCUT2D eigenvalue weighted by Crippen LogP contribution is -2.04. The zero-order chi connectivity index (χ0) is 15.8. The van der Waals surface area contributed by atoms with Gasteiger partial charge in [0.15, 0.2) is 17.3 Å². The SMILES string of the molecule is Nc1nonc1-c1nc2ccccc2n1Cc1cccc(I)c1. The molecule has 2 heterocycles. The summed E-state index contributed by atoms with van der Waals surface area (Å²) in [7, 11) is 0. The highest BCUT2D eigenvalue weighted by Crippen LogP contribution is 2.27. The second-order valence-corrected chi connectivity index (χ2v) is 6.38. The summed E-state index contributed by atoms with van der Waals surface area (Å²) < 4.78 is 8.01. The lowest BCUT2D eigenvalue weighted by Gasteiger charge is -2.08. The molecule has 0 amide bonds. The minimum absolute atomic E-state index is 0.240. The van der Waals surface area contributed by atoms with E-state index in [1.54, 1.807) is 0 Å². The summed E-state index contributed by atoms with van der Waals surface area (Å²) in [6.45, 7) is 0.666. The predicted molar refractivity (Wildman–Crippen MR) is 95.7 cm³/mol. The Labute approximate surface area is 145 Å². The van der Waals surface area contributed by atoms with Gasteiger partial charge in [-0.15, -0.1) is 0 Å². The van der Waals surface area contributed by atoms with Crippen molar-refractivity contribution >= 4 is 39.4 Å². The Morgan fingerprint density at radius 3 is 2.74 bits per heavy atom. The maximum absolute atomic E-state index is 5.86. The fraction of sp³-hybridized carbons (Fsp3) is 0.0625. The monoisotopic (exact) mass is 417 g/mol. The molecule has 0 radical (unpaired) electrons. The van der Waals surface area contributed by atoms with Gasteiger partial charge in [-0.3, -0.25) is 0 Å². The molecule has 23 heavy (non-hydrogen) atoms. The van der Waals surface area contributed by atoms with Crippen LogP contribution >= 0.6 is 22.6 Å². The number of fused-ring (bicyclic) bond motifs is 1. The first kappa shape index (κ1) is 14.2. The Hall–Kier alpha value is -2.42. The molecule has 0 fully saturated rings. The summed E-state index contributed by atoms with van der Waals surface area (Å²) in [6, 6.07) is 16.3. The maximum Gasteiger partial charge on any atom is 0.199 e. The average molecular weight is 417 g/mol. The van der Waals surface area contributed by atoms with Crippen molar-refractivity contribution in [1.82, 2.24) is 19.9 Å². The number of imidazole rings is 1. The molecule has 114 valence electrons. The molecule has 0 aliphatic rings. The normalized spacial score (nSPS) is 11.2. The molecule has 0 unspecified atom stereocenters. The predicted octanol–water partition coefficient (Wildman–Crippen LogP) is 3.32. The standard InChI is InChI=1S/C16H12IN5O/c17-11-5-3-4-10(8-11)9-22-13-7-2-1-6-12(13)19-16(22)14-15(18)21-23-20-14/h1-8H,9H2,(H2,18,21). The summed E-state index contributed by atoms with van der Waals surface area (Å²) in [5.41, 5.74) is 9.40. The first-order valence-electron chi connectivity index (χ1n) is 7.00. The van der Waals surface area contributed by atoms with Crippen LogP contribution in [0.2, 0.25) is 0 Å². The minimum Gasteiger partial charge on any atom is -0.379 e. The molecule has 0 spiro atoms. The van der Waals surface area contributed by atoms with Crippen molar-refractivity contribution in [1.29, 1.82) is 0 Å². The maximum atomic E-state index is 5.86. The third-order valence-electron chi connectivity index (χ3n) is 3.61. The number of benzene rings is 2. The summed E-state index contributed by atoms with van der Waals surface area (Å²) in [4.78, 5) is 4.65. The number of nitrogens with two attached hydrogens (primary N) is 1. The molecule has 2 aromatic heterocycles. The fourth-order valence-corrected chi connectivity index (χ4v) is 3.19. The van der Waals surface area contributed by atoms with Crippen molar-refractivity contribution in [3.05, 3.63) is 57.7 Å². The quantitative estimate of drug-likeness (QED) is 0.518. The van der Waals surface area contributed by atoms with Crippen LogP contribution in [0.1, 0.15) is 5.56 Å². The molecule has 0 aliphatic carbocycles. The molecule has 2 aromatic carbocycles. The highest BCUT2D eigenvalue weighted by molar-refractivity contribution is 14.1. The van der Waals surface area contributed by atoms with Crippen LogP contribution in [0.3, 0.4) is 0 Å². The smallest absolute Gasteiger partial charge is 0.199 e. The summed E-state index contributed by atoms with van der Waals surface area (Å²) in [6.07, 6.45) is 0. The Morgan fingerprint density at radius 2 is 1.96 bits per heavy atom. The zero-order valence-corrected chi connectivity index (χ0v) is 14.1. The van der Waals surface area contributed by atoms with E-state index < -0.39 is 0 Å². The number of aromatic nitrogens is 4. The van der Waals surface area contributed by atoms with E-state index in [9.17, 15) is 0 Å². The number of anilines is 1. The molecule has 2 N–H and O–H groups in total. The number of halogens is 1. The lowest BCUT2D eigenvalue weighted by molar-refractivity contribution is 0.310. The van der Waals surface area contributed by atoms with Crippen molar-refractivity contribution in [3.8, 4) is 11.5 Å². The minimum atomic E-state index is 0.240. The van der Waals surface area contributed by atoms with E-state index in [0.29, 0.717) is 18.1 Å². The third-order valence-corrected chi connectivity index (χ3v) is 4.28. The van der Waals surface area contributed by atoms with Gasteiger partial charge in [-0.25, -0.2) is 9.61 Å². The van der Waals surface area contributed by atoms with E-state index in [1.807, 2.05) is 30.3 Å². The van der Waals surface area contributed by atoms with Gasteiger partial charge in [0.2, 0.25) is 0 Å². The molecule has 0 bridgehead atoms. The van der Waals surface area contributed by atoms with Crippen LogP contribution in [-0.2, 0) is 6.54 Å². The van der Waals surface area contributed by atoms with Crippen LogP contribution in [0, 0.1) is 3.57 Å². The Bertz CT molecular complexity index is 991. The Morgan fingerprint density at radius 1 is 1.09 bits per heavy atom. The topological polar surface area (TPSA) is 82.8 Å². The number of nitrogens with zero attached hydrogens (tertiary/aromatic N) is 4. The van der Waals surface area contributed by atoms with Crippen molar-refractivity contribution in [2.24, 2.45) is 0 Å². The van der Waals surface area contributed by atoms with Gasteiger partial charge >= 0.3 is 0 Å². The Balaban J connectivity index is 1.91. The lowest BCUT2D eigenvalue weighted by atomic mass is 10.2. The number of hydrogen-bond acceptors (Lipinski definition) is 5.